The number of hydrogen-bond acceptors (Lipinski definition) is 9. The standard InChI is InChI=1S/C26H23FN8O2.CH2O2/c1-37-26(36)34(15-16-8-3-2-4-9-16)22-23(28)32-25(33-24(22)29)21-19-12-7-13-30-35(19)20(31-21)14-17-10-5-6-11-18(17)27;2-1-3/h2-13H,14-15H2,1H3,(H4,28,29,32,33);1H,(H,2,3). The molecular formula is C27H25FN8O4. The molecule has 204 valence electrons. The summed E-state index contributed by atoms with van der Waals surface area (Å²) in [6, 6.07) is 19.3. The van der Waals surface area contributed by atoms with Crippen molar-refractivity contribution in [3.05, 3.63) is 95.7 Å². The molecule has 40 heavy (non-hydrogen) atoms. The Morgan fingerprint density at radius 2 is 1.68 bits per heavy atom. The lowest BCUT2D eigenvalue weighted by atomic mass is 10.1. The summed E-state index contributed by atoms with van der Waals surface area (Å²) < 4.78 is 20.9. The van der Waals surface area contributed by atoms with Crippen LogP contribution in [0.2, 0.25) is 0 Å². The summed E-state index contributed by atoms with van der Waals surface area (Å²) in [4.78, 5) is 35.8. The molecule has 0 fully saturated rings. The van der Waals surface area contributed by atoms with Crippen LogP contribution in [-0.4, -0.2) is 49.3 Å². The van der Waals surface area contributed by atoms with Crippen LogP contribution in [0.5, 0.6) is 0 Å². The number of ether oxygens (including phenoxy) is 1. The number of aromatic nitrogens is 5. The Morgan fingerprint density at radius 1 is 1.02 bits per heavy atom. The molecule has 0 aliphatic carbocycles. The summed E-state index contributed by atoms with van der Waals surface area (Å²) >= 11 is 0. The molecule has 5 aromatic rings. The molecule has 0 aliphatic rings. The van der Waals surface area contributed by atoms with Crippen molar-refractivity contribution >= 4 is 35.4 Å². The lowest BCUT2D eigenvalue weighted by molar-refractivity contribution is -0.122. The number of rotatable bonds is 6. The molecule has 2 aromatic carbocycles. The molecule has 0 radical (unpaired) electrons. The predicted octanol–water partition coefficient (Wildman–Crippen LogP) is 3.55. The number of fused-ring (bicyclic) bond motifs is 1. The van der Waals surface area contributed by atoms with Crippen molar-refractivity contribution in [2.75, 3.05) is 23.5 Å². The normalized spacial score (nSPS) is 10.4. The van der Waals surface area contributed by atoms with Gasteiger partial charge in [0, 0.05) is 12.6 Å². The predicted molar refractivity (Wildman–Crippen MR) is 146 cm³/mol. The van der Waals surface area contributed by atoms with Gasteiger partial charge in [0.25, 0.3) is 6.47 Å². The van der Waals surface area contributed by atoms with E-state index in [4.69, 9.17) is 26.1 Å². The fourth-order valence-electron chi connectivity index (χ4n) is 4.07. The van der Waals surface area contributed by atoms with Crippen LogP contribution in [0, 0.1) is 5.82 Å². The SMILES string of the molecule is COC(=O)N(Cc1ccccc1)c1c(N)nc(-c2nc(Cc3ccccc3F)n3ncccc23)nc1N.O=CO. The molecule has 3 heterocycles. The maximum Gasteiger partial charge on any atom is 0.414 e. The number of amides is 1. The van der Waals surface area contributed by atoms with E-state index in [0.717, 1.165) is 5.56 Å². The number of carbonyl (C=O) groups excluding carboxylic acids is 1. The van der Waals surface area contributed by atoms with Crippen molar-refractivity contribution in [3.8, 4) is 11.5 Å². The Hall–Kier alpha value is -5.59. The first-order chi connectivity index (χ1) is 19.4. The lowest BCUT2D eigenvalue weighted by Gasteiger charge is -2.23. The van der Waals surface area contributed by atoms with Crippen LogP contribution in [0.15, 0.2) is 72.9 Å². The molecule has 0 bridgehead atoms. The second-order valence-electron chi connectivity index (χ2n) is 8.28. The Balaban J connectivity index is 0.00000118. The molecular weight excluding hydrogens is 519 g/mol. The van der Waals surface area contributed by atoms with E-state index in [0.29, 0.717) is 22.6 Å². The van der Waals surface area contributed by atoms with Crippen molar-refractivity contribution in [2.45, 2.75) is 13.0 Å². The van der Waals surface area contributed by atoms with E-state index in [1.165, 1.54) is 18.1 Å². The number of imidazole rings is 1. The molecule has 5 rings (SSSR count). The first-order valence-electron chi connectivity index (χ1n) is 11.8. The molecule has 0 aliphatic heterocycles. The monoisotopic (exact) mass is 544 g/mol. The fraction of sp³-hybridized carbons (Fsp3) is 0.111. The van der Waals surface area contributed by atoms with Crippen molar-refractivity contribution in [1.82, 2.24) is 24.6 Å². The average Bonchev–Trinajstić information content (AvgIpc) is 3.32. The van der Waals surface area contributed by atoms with Gasteiger partial charge in [-0.15, -0.1) is 0 Å². The van der Waals surface area contributed by atoms with Gasteiger partial charge >= 0.3 is 6.09 Å². The van der Waals surface area contributed by atoms with Crippen LogP contribution in [0.25, 0.3) is 17.0 Å². The number of halogens is 1. The zero-order chi connectivity index (χ0) is 28.6. The maximum atomic E-state index is 14.3. The summed E-state index contributed by atoms with van der Waals surface area (Å²) in [5, 5.41) is 11.3. The van der Waals surface area contributed by atoms with Gasteiger partial charge in [0.15, 0.2) is 17.5 Å². The summed E-state index contributed by atoms with van der Waals surface area (Å²) in [6.07, 6.45) is 1.14. The molecule has 0 unspecified atom stereocenters. The number of nitrogen functional groups attached to an aromatic ring is 2. The smallest absolute Gasteiger partial charge is 0.414 e. The van der Waals surface area contributed by atoms with E-state index in [1.807, 2.05) is 30.3 Å². The van der Waals surface area contributed by atoms with Gasteiger partial charge in [0.2, 0.25) is 0 Å². The van der Waals surface area contributed by atoms with Gasteiger partial charge in [0.1, 0.15) is 23.0 Å². The number of hydrogen-bond donors (Lipinski definition) is 3. The zero-order valence-corrected chi connectivity index (χ0v) is 21.3. The topological polar surface area (TPSA) is 175 Å². The van der Waals surface area contributed by atoms with Crippen molar-refractivity contribution in [1.29, 1.82) is 0 Å². The van der Waals surface area contributed by atoms with Crippen molar-refractivity contribution in [3.63, 3.8) is 0 Å². The third-order valence-corrected chi connectivity index (χ3v) is 5.78. The Kier molecular flexibility index (Phi) is 8.44. The number of anilines is 3. The van der Waals surface area contributed by atoms with Crippen LogP contribution >= 0.6 is 0 Å². The summed E-state index contributed by atoms with van der Waals surface area (Å²) in [5.41, 5.74) is 15.0. The molecule has 5 N–H and O–H groups in total. The van der Waals surface area contributed by atoms with Crippen LogP contribution in [0.4, 0.5) is 26.5 Å². The van der Waals surface area contributed by atoms with Gasteiger partial charge in [-0.3, -0.25) is 9.69 Å². The van der Waals surface area contributed by atoms with Gasteiger partial charge in [0.05, 0.1) is 19.2 Å². The van der Waals surface area contributed by atoms with E-state index < -0.39 is 6.09 Å². The third kappa shape index (κ3) is 5.78. The highest BCUT2D eigenvalue weighted by molar-refractivity contribution is 5.95. The fourth-order valence-corrected chi connectivity index (χ4v) is 4.07. The van der Waals surface area contributed by atoms with Crippen LogP contribution in [0.3, 0.4) is 0 Å². The summed E-state index contributed by atoms with van der Waals surface area (Å²) in [5.74, 6) is 0.246. The highest BCUT2D eigenvalue weighted by Crippen LogP contribution is 2.33. The molecule has 0 saturated heterocycles. The third-order valence-electron chi connectivity index (χ3n) is 5.78. The highest BCUT2D eigenvalue weighted by atomic mass is 19.1. The minimum absolute atomic E-state index is 0.0236. The van der Waals surface area contributed by atoms with E-state index >= 15 is 0 Å². The largest absolute Gasteiger partial charge is 0.483 e. The van der Waals surface area contributed by atoms with Crippen LogP contribution < -0.4 is 16.4 Å². The number of carboxylic acid groups (broad SMARTS) is 1. The highest BCUT2D eigenvalue weighted by Gasteiger charge is 2.26. The van der Waals surface area contributed by atoms with E-state index in [1.54, 1.807) is 41.0 Å². The number of carbonyl (C=O) groups is 2. The number of nitrogens with two attached hydrogens (primary N) is 2. The van der Waals surface area contributed by atoms with Gasteiger partial charge in [-0.05, 0) is 29.3 Å². The Bertz CT molecular complexity index is 1620. The minimum Gasteiger partial charge on any atom is -0.483 e. The van der Waals surface area contributed by atoms with Gasteiger partial charge in [-0.2, -0.15) is 5.10 Å². The van der Waals surface area contributed by atoms with Gasteiger partial charge < -0.3 is 21.3 Å². The first kappa shape index (κ1) is 27.4. The second-order valence-corrected chi connectivity index (χ2v) is 8.28. The molecule has 0 atom stereocenters. The zero-order valence-electron chi connectivity index (χ0n) is 21.3. The molecule has 0 spiro atoms. The average molecular weight is 545 g/mol. The van der Waals surface area contributed by atoms with Crippen molar-refractivity contribution < 1.29 is 23.8 Å². The molecule has 0 saturated carbocycles. The van der Waals surface area contributed by atoms with E-state index in [-0.39, 0.29) is 48.4 Å². The van der Waals surface area contributed by atoms with Crippen LogP contribution in [0.1, 0.15) is 17.0 Å². The summed E-state index contributed by atoms with van der Waals surface area (Å²) in [7, 11) is 1.27. The lowest BCUT2D eigenvalue weighted by Crippen LogP contribution is -2.32. The number of benzene rings is 2. The van der Waals surface area contributed by atoms with Gasteiger partial charge in [-0.25, -0.2) is 28.7 Å². The minimum atomic E-state index is -0.664. The maximum absolute atomic E-state index is 14.3. The van der Waals surface area contributed by atoms with Crippen LogP contribution in [-0.2, 0) is 22.5 Å². The molecule has 1 amide bonds. The Labute approximate surface area is 227 Å². The Morgan fingerprint density at radius 3 is 2.33 bits per heavy atom. The number of methoxy groups -OCH3 is 1. The second kappa shape index (κ2) is 12.3. The summed E-state index contributed by atoms with van der Waals surface area (Å²) in [6.45, 7) is -0.102. The molecule has 3 aromatic heterocycles. The number of nitrogens with zero attached hydrogens (tertiary/aromatic N) is 6. The van der Waals surface area contributed by atoms with E-state index in [9.17, 15) is 9.18 Å². The van der Waals surface area contributed by atoms with E-state index in [2.05, 4.69) is 20.1 Å². The van der Waals surface area contributed by atoms with Crippen molar-refractivity contribution in [2.24, 2.45) is 0 Å². The quantitative estimate of drug-likeness (QED) is 0.268. The molecule has 13 heteroatoms. The first-order valence-corrected chi connectivity index (χ1v) is 11.8. The van der Waals surface area contributed by atoms with Gasteiger partial charge in [-0.1, -0.05) is 48.5 Å². The molecule has 12 nitrogen and oxygen atoms in total.